The lowest BCUT2D eigenvalue weighted by atomic mass is 9.76. The molecule has 118 valence electrons. The van der Waals surface area contributed by atoms with E-state index >= 15 is 0 Å². The zero-order chi connectivity index (χ0) is 15.5. The van der Waals surface area contributed by atoms with E-state index in [1.54, 1.807) is 6.07 Å². The summed E-state index contributed by atoms with van der Waals surface area (Å²) in [6.45, 7) is 4.16. The van der Waals surface area contributed by atoms with E-state index in [1.165, 1.54) is 6.42 Å². The highest BCUT2D eigenvalue weighted by molar-refractivity contribution is 7.89. The third-order valence-electron chi connectivity index (χ3n) is 4.47. The van der Waals surface area contributed by atoms with Crippen LogP contribution in [0.4, 0.5) is 0 Å². The third kappa shape index (κ3) is 3.99. The van der Waals surface area contributed by atoms with Crippen LogP contribution in [0, 0.1) is 19.3 Å². The predicted octanol–water partition coefficient (Wildman–Crippen LogP) is 3.77. The molecule has 3 nitrogen and oxygen atoms in total. The maximum absolute atomic E-state index is 12.6. The number of halogens is 1. The maximum atomic E-state index is 12.6. The van der Waals surface area contributed by atoms with E-state index in [4.69, 9.17) is 11.6 Å². The highest BCUT2D eigenvalue weighted by Gasteiger charge is 2.33. The Morgan fingerprint density at radius 3 is 2.48 bits per heavy atom. The summed E-state index contributed by atoms with van der Waals surface area (Å²) in [5, 5.41) is 0. The lowest BCUT2D eigenvalue weighted by Gasteiger charge is -2.35. The molecule has 5 heteroatoms. The molecule has 1 aliphatic rings. The highest BCUT2D eigenvalue weighted by Crippen LogP contribution is 2.37. The van der Waals surface area contributed by atoms with E-state index in [9.17, 15) is 8.42 Å². The fraction of sp³-hybridized carbons (Fsp3) is 0.625. The normalized spacial score (nSPS) is 18.6. The minimum absolute atomic E-state index is 0.0788. The number of nitrogens with one attached hydrogen (secondary N) is 1. The van der Waals surface area contributed by atoms with Crippen LogP contribution in [0.25, 0.3) is 0 Å². The van der Waals surface area contributed by atoms with E-state index < -0.39 is 10.0 Å². The second-order valence-corrected chi connectivity index (χ2v) is 8.29. The Balaban J connectivity index is 2.15. The van der Waals surface area contributed by atoms with Gasteiger partial charge in [0.25, 0.3) is 0 Å². The molecule has 0 aromatic heterocycles. The summed E-state index contributed by atoms with van der Waals surface area (Å²) in [6, 6.07) is 5.50. The first-order valence-corrected chi connectivity index (χ1v) is 9.53. The number of aryl methyl sites for hydroxylation is 2. The fourth-order valence-corrected chi connectivity index (χ4v) is 4.83. The molecule has 1 aromatic rings. The molecule has 1 N–H and O–H groups in total. The minimum atomic E-state index is -3.47. The number of benzene rings is 1. The molecule has 0 radical (unpaired) electrons. The first-order chi connectivity index (χ1) is 9.88. The molecule has 0 aliphatic heterocycles. The quantitative estimate of drug-likeness (QED) is 0.836. The fourth-order valence-electron chi connectivity index (χ4n) is 2.98. The monoisotopic (exact) mass is 329 g/mol. The molecule has 1 aliphatic carbocycles. The molecule has 1 aromatic carbocycles. The third-order valence-corrected chi connectivity index (χ3v) is 6.58. The van der Waals surface area contributed by atoms with Crippen LogP contribution >= 0.6 is 11.6 Å². The molecule has 0 atom stereocenters. The average molecular weight is 330 g/mol. The van der Waals surface area contributed by atoms with Gasteiger partial charge in [0.2, 0.25) is 10.0 Å². The highest BCUT2D eigenvalue weighted by atomic mass is 35.5. The molecule has 2 rings (SSSR count). The van der Waals surface area contributed by atoms with Gasteiger partial charge in [-0.05, 0) is 49.3 Å². The van der Waals surface area contributed by atoms with Gasteiger partial charge < -0.3 is 0 Å². The van der Waals surface area contributed by atoms with Crippen molar-refractivity contribution in [3.8, 4) is 0 Å². The number of hydrogen-bond acceptors (Lipinski definition) is 2. The van der Waals surface area contributed by atoms with Gasteiger partial charge in [0, 0.05) is 12.4 Å². The second kappa shape index (κ2) is 6.67. The molecular formula is C16H24ClNO2S. The first-order valence-electron chi connectivity index (χ1n) is 7.51. The Bertz CT molecular complexity index is 592. The number of sulfonamides is 1. The van der Waals surface area contributed by atoms with Crippen LogP contribution in [0.5, 0.6) is 0 Å². The van der Waals surface area contributed by atoms with E-state index in [0.717, 1.165) is 36.8 Å². The van der Waals surface area contributed by atoms with Crippen LogP contribution in [0.15, 0.2) is 23.1 Å². The van der Waals surface area contributed by atoms with Gasteiger partial charge in [-0.1, -0.05) is 31.4 Å². The summed E-state index contributed by atoms with van der Waals surface area (Å²) in [4.78, 5) is 0.378. The Morgan fingerprint density at radius 2 is 1.86 bits per heavy atom. The molecule has 1 saturated carbocycles. The maximum Gasteiger partial charge on any atom is 0.240 e. The van der Waals surface area contributed by atoms with Crippen molar-refractivity contribution in [1.82, 2.24) is 4.72 Å². The zero-order valence-corrected chi connectivity index (χ0v) is 14.4. The van der Waals surface area contributed by atoms with Gasteiger partial charge in [0.05, 0.1) is 4.90 Å². The first kappa shape index (κ1) is 16.8. The van der Waals surface area contributed by atoms with Crippen LogP contribution in [-0.2, 0) is 10.0 Å². The van der Waals surface area contributed by atoms with E-state index in [0.29, 0.717) is 17.3 Å². The molecule has 0 bridgehead atoms. The molecule has 1 fully saturated rings. The molecular weight excluding hydrogens is 306 g/mol. The minimum Gasteiger partial charge on any atom is -0.211 e. The number of rotatable bonds is 5. The second-order valence-electron chi connectivity index (χ2n) is 6.29. The van der Waals surface area contributed by atoms with Crippen LogP contribution in [0.2, 0.25) is 0 Å². The van der Waals surface area contributed by atoms with E-state index in [1.807, 2.05) is 26.0 Å². The van der Waals surface area contributed by atoms with Crippen molar-refractivity contribution < 1.29 is 8.42 Å². The predicted molar refractivity (Wildman–Crippen MR) is 87.3 cm³/mol. The smallest absolute Gasteiger partial charge is 0.211 e. The van der Waals surface area contributed by atoms with Gasteiger partial charge in [-0.2, -0.15) is 0 Å². The Labute approximate surface area is 133 Å². The standard InChI is InChI=1S/C16H24ClNO2S/c1-13-6-7-14(2)15(10-13)21(19,20)18-12-16(11-17)8-4-3-5-9-16/h6-7,10,18H,3-5,8-9,11-12H2,1-2H3. The summed E-state index contributed by atoms with van der Waals surface area (Å²) in [6.07, 6.45) is 5.51. The van der Waals surface area contributed by atoms with Gasteiger partial charge in [-0.15, -0.1) is 11.6 Å². The van der Waals surface area contributed by atoms with Crippen molar-refractivity contribution >= 4 is 21.6 Å². The lowest BCUT2D eigenvalue weighted by molar-refractivity contribution is 0.223. The molecule has 0 amide bonds. The largest absolute Gasteiger partial charge is 0.240 e. The SMILES string of the molecule is Cc1ccc(C)c(S(=O)(=O)NCC2(CCl)CCCCC2)c1. The van der Waals surface area contributed by atoms with Crippen molar-refractivity contribution in [2.24, 2.45) is 5.41 Å². The molecule has 0 spiro atoms. The summed E-state index contributed by atoms with van der Waals surface area (Å²) in [7, 11) is -3.47. The summed E-state index contributed by atoms with van der Waals surface area (Å²) in [5.74, 6) is 0.516. The van der Waals surface area contributed by atoms with Crippen molar-refractivity contribution in [2.45, 2.75) is 50.8 Å². The lowest BCUT2D eigenvalue weighted by Crippen LogP contribution is -2.40. The van der Waals surface area contributed by atoms with E-state index in [-0.39, 0.29) is 5.41 Å². The van der Waals surface area contributed by atoms with Crippen molar-refractivity contribution in [2.75, 3.05) is 12.4 Å². The number of hydrogen-bond donors (Lipinski definition) is 1. The van der Waals surface area contributed by atoms with Gasteiger partial charge in [-0.25, -0.2) is 13.1 Å². The van der Waals surface area contributed by atoms with Gasteiger partial charge in [-0.3, -0.25) is 0 Å². The van der Waals surface area contributed by atoms with Crippen molar-refractivity contribution in [1.29, 1.82) is 0 Å². The molecule has 0 saturated heterocycles. The molecule has 0 unspecified atom stereocenters. The van der Waals surface area contributed by atoms with Crippen LogP contribution in [0.3, 0.4) is 0 Å². The summed E-state index contributed by atoms with van der Waals surface area (Å²) < 4.78 is 27.9. The Kier molecular flexibility index (Phi) is 5.33. The zero-order valence-electron chi connectivity index (χ0n) is 12.8. The topological polar surface area (TPSA) is 46.2 Å². The molecule has 21 heavy (non-hydrogen) atoms. The Morgan fingerprint density at radius 1 is 1.19 bits per heavy atom. The average Bonchev–Trinajstić information content (AvgIpc) is 2.49. The van der Waals surface area contributed by atoms with Crippen molar-refractivity contribution in [3.63, 3.8) is 0 Å². The van der Waals surface area contributed by atoms with E-state index in [2.05, 4.69) is 4.72 Å². The Hall–Kier alpha value is -0.580. The van der Waals surface area contributed by atoms with Crippen LogP contribution in [-0.4, -0.2) is 20.8 Å². The van der Waals surface area contributed by atoms with Crippen LogP contribution in [0.1, 0.15) is 43.2 Å². The van der Waals surface area contributed by atoms with Gasteiger partial charge >= 0.3 is 0 Å². The van der Waals surface area contributed by atoms with Gasteiger partial charge in [0.1, 0.15) is 0 Å². The molecule has 0 heterocycles. The van der Waals surface area contributed by atoms with Crippen molar-refractivity contribution in [3.05, 3.63) is 29.3 Å². The summed E-state index contributed by atoms with van der Waals surface area (Å²) >= 11 is 6.13. The number of alkyl halides is 1. The van der Waals surface area contributed by atoms with Crippen LogP contribution < -0.4 is 4.72 Å². The summed E-state index contributed by atoms with van der Waals surface area (Å²) in [5.41, 5.74) is 1.65. The van der Waals surface area contributed by atoms with Gasteiger partial charge in [0.15, 0.2) is 0 Å².